The van der Waals surface area contributed by atoms with Crippen LogP contribution in [0.3, 0.4) is 0 Å². The predicted molar refractivity (Wildman–Crippen MR) is 84.8 cm³/mol. The molecule has 4 rings (SSSR count). The van der Waals surface area contributed by atoms with Gasteiger partial charge in [0.15, 0.2) is 0 Å². The normalized spacial score (nSPS) is 21.0. The minimum atomic E-state index is 0.0190. The summed E-state index contributed by atoms with van der Waals surface area (Å²) in [5.74, 6) is 0.684. The first-order chi connectivity index (χ1) is 11.3. The fourth-order valence-corrected chi connectivity index (χ4v) is 3.12. The Balaban J connectivity index is 1.56. The zero-order valence-corrected chi connectivity index (χ0v) is 13.4. The molecule has 4 heterocycles. The molecule has 0 bridgehead atoms. The van der Waals surface area contributed by atoms with Gasteiger partial charge in [-0.15, -0.1) is 0 Å². The molecule has 1 fully saturated rings. The van der Waals surface area contributed by atoms with Crippen molar-refractivity contribution < 1.29 is 9.47 Å². The smallest absolute Gasteiger partial charge is 0.224 e. The molecule has 7 nitrogen and oxygen atoms in total. The average molecular weight is 336 g/mol. The topological polar surface area (TPSA) is 74.1 Å². The van der Waals surface area contributed by atoms with Crippen LogP contribution >= 0.6 is 11.6 Å². The van der Waals surface area contributed by atoms with Crippen LogP contribution in [0.1, 0.15) is 36.7 Å². The summed E-state index contributed by atoms with van der Waals surface area (Å²) in [7, 11) is 0. The lowest BCUT2D eigenvalue weighted by atomic mass is 10.1. The van der Waals surface area contributed by atoms with Crippen LogP contribution in [0.5, 0.6) is 0 Å². The molecule has 2 aliphatic heterocycles. The molecule has 0 aromatic carbocycles. The third kappa shape index (κ3) is 3.17. The van der Waals surface area contributed by atoms with Gasteiger partial charge in [-0.05, 0) is 30.9 Å². The lowest BCUT2D eigenvalue weighted by Crippen LogP contribution is -2.18. The Labute approximate surface area is 139 Å². The molecule has 0 radical (unpaired) electrons. The Morgan fingerprint density at radius 1 is 1.26 bits per heavy atom. The molecule has 2 aromatic heterocycles. The van der Waals surface area contributed by atoms with Gasteiger partial charge in [0.05, 0.1) is 37.0 Å². The molecule has 1 N–H and O–H groups in total. The van der Waals surface area contributed by atoms with Crippen molar-refractivity contribution in [2.45, 2.75) is 38.5 Å². The first-order valence-electron chi connectivity index (χ1n) is 7.85. The summed E-state index contributed by atoms with van der Waals surface area (Å²) in [6, 6.07) is 0. The lowest BCUT2D eigenvalue weighted by molar-refractivity contribution is -0.0394. The number of halogens is 1. The largest absolute Gasteiger partial charge is 0.376 e. The molecule has 1 atom stereocenters. The zero-order valence-electron chi connectivity index (χ0n) is 12.7. The summed E-state index contributed by atoms with van der Waals surface area (Å²) >= 11 is 6.03. The Morgan fingerprint density at radius 2 is 2.22 bits per heavy atom. The second-order valence-electron chi connectivity index (χ2n) is 5.72. The molecule has 2 aliphatic rings. The van der Waals surface area contributed by atoms with Gasteiger partial charge in [0.25, 0.3) is 0 Å². The van der Waals surface area contributed by atoms with Crippen LogP contribution in [0, 0.1) is 0 Å². The average Bonchev–Trinajstić information content (AvgIpc) is 3.04. The summed E-state index contributed by atoms with van der Waals surface area (Å²) in [6.45, 7) is 1.95. The molecule has 0 saturated carbocycles. The van der Waals surface area contributed by atoms with Crippen molar-refractivity contribution in [2.24, 2.45) is 0 Å². The molecule has 8 heteroatoms. The summed E-state index contributed by atoms with van der Waals surface area (Å²) in [6.07, 6.45) is 7.75. The van der Waals surface area contributed by atoms with Gasteiger partial charge in [-0.2, -0.15) is 5.10 Å². The third-order valence-electron chi connectivity index (χ3n) is 4.11. The number of hydrogen-bond donors (Lipinski definition) is 1. The highest BCUT2D eigenvalue weighted by molar-refractivity contribution is 6.28. The van der Waals surface area contributed by atoms with Gasteiger partial charge in [-0.1, -0.05) is 0 Å². The van der Waals surface area contributed by atoms with E-state index in [0.29, 0.717) is 19.0 Å². The van der Waals surface area contributed by atoms with Gasteiger partial charge >= 0.3 is 0 Å². The van der Waals surface area contributed by atoms with Crippen molar-refractivity contribution in [1.82, 2.24) is 19.7 Å². The predicted octanol–water partition coefficient (Wildman–Crippen LogP) is 2.84. The van der Waals surface area contributed by atoms with Crippen LogP contribution in [0.2, 0.25) is 5.28 Å². The fraction of sp³-hybridized carbons (Fsp3) is 0.533. The Bertz CT molecular complexity index is 699. The summed E-state index contributed by atoms with van der Waals surface area (Å²) < 4.78 is 13.1. The van der Waals surface area contributed by atoms with E-state index in [1.807, 2.05) is 10.9 Å². The molecule has 0 spiro atoms. The van der Waals surface area contributed by atoms with Crippen LogP contribution in [-0.2, 0) is 22.5 Å². The van der Waals surface area contributed by atoms with Crippen LogP contribution in [-0.4, -0.2) is 33.0 Å². The molecule has 122 valence electrons. The van der Waals surface area contributed by atoms with Gasteiger partial charge in [-0.25, -0.2) is 14.6 Å². The van der Waals surface area contributed by atoms with Crippen molar-refractivity contribution in [3.05, 3.63) is 28.9 Å². The number of nitrogens with one attached hydrogen (secondary N) is 1. The monoisotopic (exact) mass is 335 g/mol. The second kappa shape index (κ2) is 6.43. The second-order valence-corrected chi connectivity index (χ2v) is 6.06. The number of rotatable bonds is 3. The molecular formula is C15H18ClN5O2. The van der Waals surface area contributed by atoms with Crippen molar-refractivity contribution in [3.8, 4) is 0 Å². The number of hydrogen-bond acceptors (Lipinski definition) is 6. The highest BCUT2D eigenvalue weighted by Gasteiger charge is 2.20. The summed E-state index contributed by atoms with van der Waals surface area (Å²) in [5, 5.41) is 7.92. The molecule has 0 amide bonds. The SMILES string of the molecule is Clc1nc2c(c(Nc3cnn(C4CCCCO4)c3)n1)COCC2. The maximum absolute atomic E-state index is 6.03. The fourth-order valence-electron chi connectivity index (χ4n) is 2.93. The van der Waals surface area contributed by atoms with E-state index in [1.54, 1.807) is 6.20 Å². The van der Waals surface area contributed by atoms with Gasteiger partial charge in [0.1, 0.15) is 12.0 Å². The van der Waals surface area contributed by atoms with E-state index in [-0.39, 0.29) is 11.5 Å². The van der Waals surface area contributed by atoms with E-state index in [1.165, 1.54) is 6.42 Å². The highest BCUT2D eigenvalue weighted by atomic mass is 35.5. The van der Waals surface area contributed by atoms with Gasteiger partial charge < -0.3 is 14.8 Å². The van der Waals surface area contributed by atoms with Gasteiger partial charge in [0.2, 0.25) is 5.28 Å². The summed E-state index contributed by atoms with van der Waals surface area (Å²) in [5.41, 5.74) is 2.76. The maximum Gasteiger partial charge on any atom is 0.224 e. The molecule has 1 unspecified atom stereocenters. The first-order valence-corrected chi connectivity index (χ1v) is 8.23. The Kier molecular flexibility index (Phi) is 4.15. The number of ether oxygens (including phenoxy) is 2. The Morgan fingerprint density at radius 3 is 3.09 bits per heavy atom. The van der Waals surface area contributed by atoms with Gasteiger partial charge in [0, 0.05) is 18.6 Å². The van der Waals surface area contributed by atoms with Gasteiger partial charge in [-0.3, -0.25) is 0 Å². The van der Waals surface area contributed by atoms with Crippen molar-refractivity contribution in [2.75, 3.05) is 18.5 Å². The maximum atomic E-state index is 6.03. The Hall–Kier alpha value is -1.70. The van der Waals surface area contributed by atoms with Crippen molar-refractivity contribution >= 4 is 23.1 Å². The molecular weight excluding hydrogens is 318 g/mol. The van der Waals surface area contributed by atoms with E-state index >= 15 is 0 Å². The quantitative estimate of drug-likeness (QED) is 0.869. The molecule has 0 aliphatic carbocycles. The van der Waals surface area contributed by atoms with E-state index in [2.05, 4.69) is 20.4 Å². The molecule has 23 heavy (non-hydrogen) atoms. The lowest BCUT2D eigenvalue weighted by Gasteiger charge is -2.22. The number of aromatic nitrogens is 4. The molecule has 2 aromatic rings. The molecule has 1 saturated heterocycles. The van der Waals surface area contributed by atoms with Crippen LogP contribution in [0.15, 0.2) is 12.4 Å². The van der Waals surface area contributed by atoms with E-state index in [9.17, 15) is 0 Å². The van der Waals surface area contributed by atoms with E-state index in [4.69, 9.17) is 21.1 Å². The number of fused-ring (bicyclic) bond motifs is 1. The van der Waals surface area contributed by atoms with Crippen LogP contribution < -0.4 is 5.32 Å². The number of nitrogens with zero attached hydrogens (tertiary/aromatic N) is 4. The third-order valence-corrected chi connectivity index (χ3v) is 4.28. The minimum absolute atomic E-state index is 0.0190. The highest BCUT2D eigenvalue weighted by Crippen LogP contribution is 2.28. The number of anilines is 2. The standard InChI is InChI=1S/C15H18ClN5O2/c16-15-19-12-4-6-22-9-11(12)14(20-15)18-10-7-17-21(8-10)13-3-1-2-5-23-13/h7-8,13H,1-6,9H2,(H,18,19,20). The van der Waals surface area contributed by atoms with Crippen molar-refractivity contribution in [3.63, 3.8) is 0 Å². The van der Waals surface area contributed by atoms with Crippen LogP contribution in [0.25, 0.3) is 0 Å². The van der Waals surface area contributed by atoms with E-state index < -0.39 is 0 Å². The zero-order chi connectivity index (χ0) is 15.6. The first kappa shape index (κ1) is 14.9. The van der Waals surface area contributed by atoms with Crippen molar-refractivity contribution in [1.29, 1.82) is 0 Å². The van der Waals surface area contributed by atoms with E-state index in [0.717, 1.165) is 42.8 Å². The van der Waals surface area contributed by atoms with Crippen LogP contribution in [0.4, 0.5) is 11.5 Å². The summed E-state index contributed by atoms with van der Waals surface area (Å²) in [4.78, 5) is 8.59. The minimum Gasteiger partial charge on any atom is -0.376 e.